The van der Waals surface area contributed by atoms with Gasteiger partial charge < -0.3 is 19.3 Å². The molecule has 7 heteroatoms. The molecule has 0 N–H and O–H groups in total. The number of nitrogens with zero attached hydrogens (tertiary/aromatic N) is 3. The van der Waals surface area contributed by atoms with Gasteiger partial charge >= 0.3 is 12.2 Å². The molecule has 1 saturated heterocycles. The van der Waals surface area contributed by atoms with E-state index < -0.39 is 5.60 Å². The summed E-state index contributed by atoms with van der Waals surface area (Å²) in [5.41, 5.74) is 3.64. The lowest BCUT2D eigenvalue weighted by molar-refractivity contribution is 0.0197. The zero-order valence-corrected chi connectivity index (χ0v) is 19.2. The Hall–Kier alpha value is -3.22. The van der Waals surface area contributed by atoms with Crippen LogP contribution in [0.2, 0.25) is 0 Å². The molecule has 2 heterocycles. The van der Waals surface area contributed by atoms with Crippen LogP contribution >= 0.6 is 0 Å². The summed E-state index contributed by atoms with van der Waals surface area (Å²) in [6.07, 6.45) is 0.165. The van der Waals surface area contributed by atoms with Crippen molar-refractivity contribution in [3.8, 4) is 0 Å². The Morgan fingerprint density at radius 2 is 1.72 bits per heavy atom. The molecule has 2 aliphatic heterocycles. The summed E-state index contributed by atoms with van der Waals surface area (Å²) in [7, 11) is 1.79. The van der Waals surface area contributed by atoms with Crippen molar-refractivity contribution in [3.63, 3.8) is 0 Å². The number of hydrogen-bond donors (Lipinski definition) is 0. The van der Waals surface area contributed by atoms with E-state index in [9.17, 15) is 9.59 Å². The number of anilines is 2. The van der Waals surface area contributed by atoms with Crippen molar-refractivity contribution in [2.45, 2.75) is 45.4 Å². The van der Waals surface area contributed by atoms with Crippen molar-refractivity contribution >= 4 is 23.6 Å². The zero-order valence-electron chi connectivity index (χ0n) is 19.2. The highest BCUT2D eigenvalue weighted by Gasteiger charge is 2.37. The normalized spacial score (nSPS) is 15.8. The first-order valence-corrected chi connectivity index (χ1v) is 11.0. The lowest BCUT2D eigenvalue weighted by Gasteiger charge is -2.45. The standard InChI is InChI=1S/C25H31N3O4/c1-25(2,3)32-23(29)26(4)19-15-27(16-19)21-11-8-12-22-20(21)13-14-28(22)24(30)31-17-18-9-6-5-7-10-18/h5-12,19H,13-17H2,1-4H3. The molecule has 2 aromatic rings. The molecule has 0 atom stereocenters. The third kappa shape index (κ3) is 4.66. The van der Waals surface area contributed by atoms with E-state index in [2.05, 4.69) is 11.0 Å². The highest BCUT2D eigenvalue weighted by Crippen LogP contribution is 2.38. The molecule has 0 bridgehead atoms. The summed E-state index contributed by atoms with van der Waals surface area (Å²) in [5.74, 6) is 0. The van der Waals surface area contributed by atoms with Crippen molar-refractivity contribution in [1.82, 2.24) is 4.90 Å². The molecule has 4 rings (SSSR count). The molecular weight excluding hydrogens is 406 g/mol. The van der Waals surface area contributed by atoms with Crippen LogP contribution in [-0.4, -0.2) is 55.4 Å². The van der Waals surface area contributed by atoms with E-state index in [0.29, 0.717) is 6.54 Å². The zero-order chi connectivity index (χ0) is 22.9. The van der Waals surface area contributed by atoms with Gasteiger partial charge in [0.2, 0.25) is 0 Å². The number of ether oxygens (including phenoxy) is 2. The Labute approximate surface area is 189 Å². The van der Waals surface area contributed by atoms with Gasteiger partial charge in [0.1, 0.15) is 12.2 Å². The quantitative estimate of drug-likeness (QED) is 0.708. The third-order valence-corrected chi connectivity index (χ3v) is 5.86. The largest absolute Gasteiger partial charge is 0.444 e. The highest BCUT2D eigenvalue weighted by molar-refractivity contribution is 5.92. The molecule has 32 heavy (non-hydrogen) atoms. The maximum absolute atomic E-state index is 12.7. The van der Waals surface area contributed by atoms with Crippen LogP contribution in [-0.2, 0) is 22.5 Å². The molecule has 1 fully saturated rings. The van der Waals surface area contributed by atoms with E-state index in [1.165, 1.54) is 0 Å². The van der Waals surface area contributed by atoms with Gasteiger partial charge in [-0.25, -0.2) is 9.59 Å². The number of carbonyl (C=O) groups excluding carboxylic acids is 2. The molecular formula is C25H31N3O4. The number of carbonyl (C=O) groups is 2. The van der Waals surface area contributed by atoms with E-state index in [-0.39, 0.29) is 24.8 Å². The summed E-state index contributed by atoms with van der Waals surface area (Å²) < 4.78 is 11.0. The number of fused-ring (bicyclic) bond motifs is 1. The van der Waals surface area contributed by atoms with Crippen LogP contribution in [0, 0.1) is 0 Å². The molecule has 170 valence electrons. The minimum absolute atomic E-state index is 0.106. The predicted molar refractivity (Wildman–Crippen MR) is 124 cm³/mol. The van der Waals surface area contributed by atoms with E-state index in [4.69, 9.17) is 9.47 Å². The summed E-state index contributed by atoms with van der Waals surface area (Å²) in [6, 6.07) is 15.8. The van der Waals surface area contributed by atoms with Crippen molar-refractivity contribution < 1.29 is 19.1 Å². The topological polar surface area (TPSA) is 62.3 Å². The van der Waals surface area contributed by atoms with Crippen molar-refractivity contribution in [2.75, 3.05) is 36.5 Å². The molecule has 0 spiro atoms. The number of amides is 2. The number of rotatable bonds is 4. The third-order valence-electron chi connectivity index (χ3n) is 5.86. The predicted octanol–water partition coefficient (Wildman–Crippen LogP) is 4.44. The van der Waals surface area contributed by atoms with Crippen molar-refractivity contribution in [1.29, 1.82) is 0 Å². The van der Waals surface area contributed by atoms with E-state index in [0.717, 1.165) is 42.0 Å². The van der Waals surface area contributed by atoms with Crippen LogP contribution in [0.4, 0.5) is 21.0 Å². The molecule has 0 radical (unpaired) electrons. The van der Waals surface area contributed by atoms with Gasteiger partial charge in [0.15, 0.2) is 0 Å². The lowest BCUT2D eigenvalue weighted by atomic mass is 10.0. The maximum atomic E-state index is 12.7. The number of likely N-dealkylation sites (N-methyl/N-ethyl adjacent to an activating group) is 1. The number of benzene rings is 2. The Morgan fingerprint density at radius 3 is 2.41 bits per heavy atom. The van der Waals surface area contributed by atoms with Gasteiger partial charge in [-0.3, -0.25) is 4.90 Å². The minimum atomic E-state index is -0.506. The van der Waals surface area contributed by atoms with E-state index in [1.54, 1.807) is 16.8 Å². The second kappa shape index (κ2) is 8.73. The fourth-order valence-electron chi connectivity index (χ4n) is 4.08. The Balaban J connectivity index is 1.38. The van der Waals surface area contributed by atoms with E-state index in [1.807, 2.05) is 63.2 Å². The van der Waals surface area contributed by atoms with Gasteiger partial charge in [0.05, 0.1) is 11.7 Å². The first-order chi connectivity index (χ1) is 15.2. The molecule has 7 nitrogen and oxygen atoms in total. The van der Waals surface area contributed by atoms with Gasteiger partial charge in [-0.15, -0.1) is 0 Å². The van der Waals surface area contributed by atoms with Gasteiger partial charge in [0, 0.05) is 37.9 Å². The molecule has 2 aliphatic rings. The average molecular weight is 438 g/mol. The summed E-state index contributed by atoms with van der Waals surface area (Å²) in [5, 5.41) is 0. The van der Waals surface area contributed by atoms with Crippen molar-refractivity contribution in [2.24, 2.45) is 0 Å². The highest BCUT2D eigenvalue weighted by atomic mass is 16.6. The average Bonchev–Trinajstić information content (AvgIpc) is 3.15. The van der Waals surface area contributed by atoms with Crippen LogP contribution in [0.3, 0.4) is 0 Å². The Kier molecular flexibility index (Phi) is 6.00. The fraction of sp³-hybridized carbons (Fsp3) is 0.440. The van der Waals surface area contributed by atoms with Crippen LogP contribution < -0.4 is 9.80 Å². The van der Waals surface area contributed by atoms with Crippen LogP contribution in [0.15, 0.2) is 48.5 Å². The molecule has 0 aliphatic carbocycles. The molecule has 2 amide bonds. The van der Waals surface area contributed by atoms with Gasteiger partial charge in [-0.1, -0.05) is 36.4 Å². The fourth-order valence-corrected chi connectivity index (χ4v) is 4.08. The van der Waals surface area contributed by atoms with Crippen LogP contribution in [0.25, 0.3) is 0 Å². The molecule has 0 unspecified atom stereocenters. The number of hydrogen-bond acceptors (Lipinski definition) is 5. The smallest absolute Gasteiger partial charge is 0.414 e. The molecule has 0 saturated carbocycles. The minimum Gasteiger partial charge on any atom is -0.444 e. The SMILES string of the molecule is CN(C(=O)OC(C)(C)C)C1CN(c2cccc3c2CCN3C(=O)OCc2ccccc2)C1. The van der Waals surface area contributed by atoms with Gasteiger partial charge in [-0.2, -0.15) is 0 Å². The van der Waals surface area contributed by atoms with Crippen LogP contribution in [0.1, 0.15) is 31.9 Å². The van der Waals surface area contributed by atoms with E-state index >= 15 is 0 Å². The monoisotopic (exact) mass is 437 g/mol. The van der Waals surface area contributed by atoms with Crippen LogP contribution in [0.5, 0.6) is 0 Å². The maximum Gasteiger partial charge on any atom is 0.414 e. The molecule has 2 aromatic carbocycles. The van der Waals surface area contributed by atoms with Gasteiger partial charge in [0.25, 0.3) is 0 Å². The Morgan fingerprint density at radius 1 is 1.03 bits per heavy atom. The second-order valence-corrected chi connectivity index (χ2v) is 9.37. The second-order valence-electron chi connectivity index (χ2n) is 9.37. The lowest BCUT2D eigenvalue weighted by Crippen LogP contribution is -2.60. The first-order valence-electron chi connectivity index (χ1n) is 11.0. The Bertz CT molecular complexity index is 980. The first kappa shape index (κ1) is 22.0. The summed E-state index contributed by atoms with van der Waals surface area (Å²) in [6.45, 7) is 7.96. The summed E-state index contributed by atoms with van der Waals surface area (Å²) >= 11 is 0. The molecule has 0 aromatic heterocycles. The summed E-state index contributed by atoms with van der Waals surface area (Å²) in [4.78, 5) is 30.7. The van der Waals surface area contributed by atoms with Gasteiger partial charge in [-0.05, 0) is 44.9 Å². The van der Waals surface area contributed by atoms with Crippen molar-refractivity contribution in [3.05, 3.63) is 59.7 Å².